The fraction of sp³-hybridized carbons (Fsp3) is 0.947. The first-order valence-corrected chi connectivity index (χ1v) is 42.2. The van der Waals surface area contributed by atoms with Crippen LogP contribution < -0.4 is 0 Å². The number of hydrogen-bond acceptors (Lipinski definition) is 15. The molecule has 0 aliphatic rings. The molecule has 19 heteroatoms. The number of unbranched alkanes of at least 4 members (excludes halogenated alkanes) is 38. The summed E-state index contributed by atoms with van der Waals surface area (Å²) in [5, 5.41) is 10.6. The molecule has 95 heavy (non-hydrogen) atoms. The lowest BCUT2D eigenvalue weighted by Crippen LogP contribution is -2.30. The predicted octanol–water partition coefficient (Wildman–Crippen LogP) is 22.0. The minimum absolute atomic E-state index is 0.105. The number of aliphatic hydroxyl groups is 1. The number of carbonyl (C=O) groups is 4. The number of phosphoric ester groups is 2. The summed E-state index contributed by atoms with van der Waals surface area (Å²) in [6.45, 7) is 14.1. The van der Waals surface area contributed by atoms with Crippen molar-refractivity contribution in [1.82, 2.24) is 0 Å². The molecule has 0 aliphatic heterocycles. The van der Waals surface area contributed by atoms with Crippen molar-refractivity contribution in [2.75, 3.05) is 39.6 Å². The molecule has 564 valence electrons. The molecule has 0 heterocycles. The summed E-state index contributed by atoms with van der Waals surface area (Å²) in [6, 6.07) is 0. The van der Waals surface area contributed by atoms with Crippen molar-refractivity contribution >= 4 is 39.5 Å². The average molecular weight is 1400 g/mol. The molecule has 0 aromatic heterocycles. The summed E-state index contributed by atoms with van der Waals surface area (Å²) in [4.78, 5) is 72.7. The van der Waals surface area contributed by atoms with Crippen molar-refractivity contribution in [3.05, 3.63) is 0 Å². The zero-order valence-corrected chi connectivity index (χ0v) is 64.1. The fourth-order valence-corrected chi connectivity index (χ4v) is 13.1. The van der Waals surface area contributed by atoms with Crippen LogP contribution in [0.1, 0.15) is 383 Å². The summed E-state index contributed by atoms with van der Waals surface area (Å²) in [5.41, 5.74) is 0. The Bertz CT molecular complexity index is 1870. The SMILES string of the molecule is CCC(C)CCCCCCCCCCCCCCCCCCCCC(=O)O[C@H](COC(=O)CCCCCCCCCC(C)C)COP(=O)(O)OCC(O)COP(=O)(O)OC[C@@H](COC(=O)CCCCCCCCC(C)C)OC(=O)CCCCCCCCCCCCCC(C)C. The van der Waals surface area contributed by atoms with Crippen molar-refractivity contribution < 1.29 is 80.2 Å². The Morgan fingerprint density at radius 3 is 0.747 bits per heavy atom. The minimum Gasteiger partial charge on any atom is -0.462 e. The van der Waals surface area contributed by atoms with Crippen molar-refractivity contribution in [3.8, 4) is 0 Å². The molecule has 0 aromatic carbocycles. The molecule has 17 nitrogen and oxygen atoms in total. The van der Waals surface area contributed by atoms with Crippen LogP contribution in [0.15, 0.2) is 0 Å². The van der Waals surface area contributed by atoms with Gasteiger partial charge in [-0.1, -0.05) is 331 Å². The lowest BCUT2D eigenvalue weighted by Gasteiger charge is -2.21. The van der Waals surface area contributed by atoms with E-state index in [2.05, 4.69) is 55.4 Å². The molecule has 0 bridgehead atoms. The van der Waals surface area contributed by atoms with Gasteiger partial charge in [0.1, 0.15) is 19.3 Å². The number of esters is 4. The largest absolute Gasteiger partial charge is 0.472 e. The zero-order valence-electron chi connectivity index (χ0n) is 62.3. The van der Waals surface area contributed by atoms with E-state index >= 15 is 0 Å². The minimum atomic E-state index is -4.96. The molecule has 0 saturated heterocycles. The smallest absolute Gasteiger partial charge is 0.462 e. The Balaban J connectivity index is 5.15. The summed E-state index contributed by atoms with van der Waals surface area (Å²) in [7, 11) is -9.91. The third-order valence-corrected chi connectivity index (χ3v) is 19.8. The van der Waals surface area contributed by atoms with Crippen LogP contribution in [0.2, 0.25) is 0 Å². The molecule has 3 N–H and O–H groups in total. The van der Waals surface area contributed by atoms with Crippen LogP contribution in [-0.4, -0.2) is 96.7 Å². The van der Waals surface area contributed by atoms with E-state index in [1.54, 1.807) is 0 Å². The van der Waals surface area contributed by atoms with Crippen LogP contribution in [0, 0.1) is 23.7 Å². The third-order valence-electron chi connectivity index (χ3n) is 17.9. The molecular weight excluding hydrogens is 1250 g/mol. The van der Waals surface area contributed by atoms with E-state index in [1.807, 2.05) is 0 Å². The number of ether oxygens (including phenoxy) is 4. The molecule has 0 aliphatic carbocycles. The number of aliphatic hydroxyl groups excluding tert-OH is 1. The molecule has 0 spiro atoms. The van der Waals surface area contributed by atoms with E-state index in [1.165, 1.54) is 173 Å². The normalized spacial score (nSPS) is 14.4. The number of hydrogen-bond donors (Lipinski definition) is 3. The molecule has 0 aromatic rings. The van der Waals surface area contributed by atoms with Crippen molar-refractivity contribution in [2.24, 2.45) is 23.7 Å². The second kappa shape index (κ2) is 65.4. The van der Waals surface area contributed by atoms with E-state index in [9.17, 15) is 43.2 Å². The summed E-state index contributed by atoms with van der Waals surface area (Å²) >= 11 is 0. The molecule has 0 radical (unpaired) electrons. The molecule has 0 amide bonds. The quantitative estimate of drug-likeness (QED) is 0.0222. The maximum Gasteiger partial charge on any atom is 0.472 e. The van der Waals surface area contributed by atoms with E-state index < -0.39 is 97.5 Å². The molecule has 0 saturated carbocycles. The van der Waals surface area contributed by atoms with Gasteiger partial charge in [0.25, 0.3) is 0 Å². The first-order valence-electron chi connectivity index (χ1n) is 39.2. The first kappa shape index (κ1) is 93.1. The first-order chi connectivity index (χ1) is 45.6. The monoisotopic (exact) mass is 1400 g/mol. The van der Waals surface area contributed by atoms with Gasteiger partial charge in [-0.05, 0) is 49.4 Å². The molecule has 4 unspecified atom stereocenters. The van der Waals surface area contributed by atoms with Gasteiger partial charge in [-0.25, -0.2) is 9.13 Å². The Hall–Kier alpha value is -1.94. The van der Waals surface area contributed by atoms with Crippen LogP contribution in [0.4, 0.5) is 0 Å². The van der Waals surface area contributed by atoms with Crippen molar-refractivity contribution in [1.29, 1.82) is 0 Å². The summed E-state index contributed by atoms with van der Waals surface area (Å²) in [6.07, 6.45) is 50.3. The molecule has 6 atom stereocenters. The van der Waals surface area contributed by atoms with Crippen LogP contribution in [-0.2, 0) is 65.4 Å². The van der Waals surface area contributed by atoms with Gasteiger partial charge < -0.3 is 33.8 Å². The summed E-state index contributed by atoms with van der Waals surface area (Å²) in [5.74, 6) is 0.895. The van der Waals surface area contributed by atoms with E-state index in [0.717, 1.165) is 115 Å². The maximum atomic E-state index is 13.1. The molecular formula is C76H148O17P2. The Morgan fingerprint density at radius 2 is 0.505 bits per heavy atom. The van der Waals surface area contributed by atoms with E-state index in [-0.39, 0.29) is 25.7 Å². The Morgan fingerprint density at radius 1 is 0.295 bits per heavy atom. The lowest BCUT2D eigenvalue weighted by molar-refractivity contribution is -0.161. The predicted molar refractivity (Wildman–Crippen MR) is 386 cm³/mol. The van der Waals surface area contributed by atoms with Gasteiger partial charge >= 0.3 is 39.5 Å². The molecule has 0 rings (SSSR count). The summed E-state index contributed by atoms with van der Waals surface area (Å²) < 4.78 is 68.4. The van der Waals surface area contributed by atoms with Crippen molar-refractivity contribution in [2.45, 2.75) is 401 Å². The van der Waals surface area contributed by atoms with Crippen LogP contribution in [0.25, 0.3) is 0 Å². The van der Waals surface area contributed by atoms with Crippen LogP contribution in [0.3, 0.4) is 0 Å². The van der Waals surface area contributed by atoms with Gasteiger partial charge in [0.2, 0.25) is 0 Å². The van der Waals surface area contributed by atoms with Crippen LogP contribution in [0.5, 0.6) is 0 Å². The Kier molecular flexibility index (Phi) is 64.0. The van der Waals surface area contributed by atoms with Crippen molar-refractivity contribution in [3.63, 3.8) is 0 Å². The highest BCUT2D eigenvalue weighted by atomic mass is 31.2. The average Bonchev–Trinajstić information content (AvgIpc) is 1.40. The van der Waals surface area contributed by atoms with Gasteiger partial charge in [-0.3, -0.25) is 37.3 Å². The highest BCUT2D eigenvalue weighted by molar-refractivity contribution is 7.47. The maximum absolute atomic E-state index is 13.1. The van der Waals surface area contributed by atoms with E-state index in [4.69, 9.17) is 37.0 Å². The second-order valence-electron chi connectivity index (χ2n) is 29.1. The zero-order chi connectivity index (χ0) is 70.3. The van der Waals surface area contributed by atoms with Gasteiger partial charge in [0.05, 0.1) is 26.4 Å². The van der Waals surface area contributed by atoms with E-state index in [0.29, 0.717) is 37.5 Å². The second-order valence-corrected chi connectivity index (χ2v) is 32.0. The number of phosphoric acid groups is 2. The third kappa shape index (κ3) is 69.0. The standard InChI is InChI=1S/C76H148O17P2/c1-9-69(8)55-47-39-30-24-20-16-14-12-10-11-13-15-17-21-25-31-42-50-58-75(80)92-71(62-86-73(78)56-48-40-33-27-29-37-45-53-67(4)5)64-90-94(82,83)88-60-70(77)61-89-95(84,85)91-65-72(63-87-74(79)57-49-41-35-34-38-46-54-68(6)7)93-76(81)59-51-43-32-26-22-18-19-23-28-36-44-52-66(2)3/h66-72,77H,9-65H2,1-8H3,(H,82,83)(H,84,85)/t69?,70?,71-,72-/m1/s1. The van der Waals surface area contributed by atoms with Crippen LogP contribution >= 0.6 is 15.6 Å². The number of carbonyl (C=O) groups excluding carboxylic acids is 4. The highest BCUT2D eigenvalue weighted by Gasteiger charge is 2.30. The Labute approximate surface area is 581 Å². The highest BCUT2D eigenvalue weighted by Crippen LogP contribution is 2.45. The fourth-order valence-electron chi connectivity index (χ4n) is 11.5. The molecule has 0 fully saturated rings. The van der Waals surface area contributed by atoms with Gasteiger partial charge in [0.15, 0.2) is 12.2 Å². The van der Waals surface area contributed by atoms with Gasteiger partial charge in [0, 0.05) is 25.7 Å². The van der Waals surface area contributed by atoms with Gasteiger partial charge in [-0.15, -0.1) is 0 Å². The number of rotatable bonds is 73. The van der Waals surface area contributed by atoms with Gasteiger partial charge in [-0.2, -0.15) is 0 Å². The topological polar surface area (TPSA) is 237 Å². The lowest BCUT2D eigenvalue weighted by atomic mass is 9.99.